The quantitative estimate of drug-likeness (QED) is 0.918. The van der Waals surface area contributed by atoms with Crippen molar-refractivity contribution in [1.82, 2.24) is 15.1 Å². The lowest BCUT2D eigenvalue weighted by Gasteiger charge is -2.38. The molecule has 138 valence electrons. The van der Waals surface area contributed by atoms with Gasteiger partial charge in [0.2, 0.25) is 0 Å². The largest absolute Gasteiger partial charge is 0.507 e. The summed E-state index contributed by atoms with van der Waals surface area (Å²) in [5.41, 5.74) is 3.59. The van der Waals surface area contributed by atoms with E-state index in [0.717, 1.165) is 53.8 Å². The van der Waals surface area contributed by atoms with Gasteiger partial charge in [-0.25, -0.2) is 0 Å². The minimum absolute atomic E-state index is 0.275. The van der Waals surface area contributed by atoms with Crippen molar-refractivity contribution in [3.63, 3.8) is 0 Å². The number of likely N-dealkylation sites (N-methyl/N-ethyl adjacent to an activating group) is 1. The first-order valence-corrected chi connectivity index (χ1v) is 9.70. The molecule has 0 bridgehead atoms. The van der Waals surface area contributed by atoms with Gasteiger partial charge in [-0.2, -0.15) is 0 Å². The molecule has 0 unspecified atom stereocenters. The zero-order valence-corrected chi connectivity index (χ0v) is 15.9. The molecule has 5 heteroatoms. The maximum Gasteiger partial charge on any atom is 0.151 e. The highest BCUT2D eigenvalue weighted by atomic mass is 16.3. The van der Waals surface area contributed by atoms with Gasteiger partial charge in [-0.3, -0.25) is 0 Å². The number of phenolic OH excluding ortho intramolecular Hbond substituents is 1. The molecule has 2 atom stereocenters. The third-order valence-electron chi connectivity index (χ3n) is 6.05. The van der Waals surface area contributed by atoms with Crippen LogP contribution in [0.2, 0.25) is 0 Å². The van der Waals surface area contributed by atoms with E-state index in [0.29, 0.717) is 6.04 Å². The molecule has 2 aromatic rings. The predicted molar refractivity (Wildman–Crippen MR) is 105 cm³/mol. The van der Waals surface area contributed by atoms with E-state index in [4.69, 9.17) is 0 Å². The number of anilines is 1. The topological polar surface area (TPSA) is 52.5 Å². The van der Waals surface area contributed by atoms with Gasteiger partial charge < -0.3 is 14.9 Å². The molecule has 4 rings (SSSR count). The van der Waals surface area contributed by atoms with Crippen LogP contribution in [0.5, 0.6) is 5.75 Å². The maximum absolute atomic E-state index is 10.3. The zero-order chi connectivity index (χ0) is 18.3. The van der Waals surface area contributed by atoms with Crippen LogP contribution in [0.15, 0.2) is 24.3 Å². The van der Waals surface area contributed by atoms with Crippen LogP contribution in [-0.2, 0) is 0 Å². The van der Waals surface area contributed by atoms with Crippen LogP contribution in [-0.4, -0.2) is 52.4 Å². The van der Waals surface area contributed by atoms with Crippen molar-refractivity contribution < 1.29 is 5.11 Å². The summed E-state index contributed by atoms with van der Waals surface area (Å²) in [7, 11) is 0. The third kappa shape index (κ3) is 3.05. The normalized spacial score (nSPS) is 23.3. The highest BCUT2D eigenvalue weighted by Crippen LogP contribution is 2.36. The second kappa shape index (κ2) is 6.88. The van der Waals surface area contributed by atoms with Crippen molar-refractivity contribution in [3.8, 4) is 17.0 Å². The van der Waals surface area contributed by atoms with Gasteiger partial charge in [-0.15, -0.1) is 10.2 Å². The summed E-state index contributed by atoms with van der Waals surface area (Å²) in [6.45, 7) is 10.8. The number of hydrogen-bond donors (Lipinski definition) is 1. The van der Waals surface area contributed by atoms with Crippen LogP contribution >= 0.6 is 0 Å². The molecular formula is C21H28N4O. The number of aromatic hydroxyl groups is 1. The van der Waals surface area contributed by atoms with Gasteiger partial charge in [-0.1, -0.05) is 13.0 Å². The summed E-state index contributed by atoms with van der Waals surface area (Å²) in [6, 6.07) is 8.46. The Morgan fingerprint density at radius 3 is 2.62 bits per heavy atom. The molecule has 0 aliphatic carbocycles. The standard InChI is InChI=1S/C21H28N4O/c1-4-24-9-7-16-8-10-25(18(16)13-24)20-6-5-17(22-23-20)21-15(3)11-14(2)12-19(21)26/h5-6,11-12,16,18,26H,4,7-10,13H2,1-3H3/t16-,18-/m1/s1. The van der Waals surface area contributed by atoms with E-state index in [-0.39, 0.29) is 5.75 Å². The van der Waals surface area contributed by atoms with Gasteiger partial charge in [0, 0.05) is 24.7 Å². The number of benzene rings is 1. The number of fused-ring (bicyclic) bond motifs is 1. The number of piperidine rings is 1. The predicted octanol–water partition coefficient (Wildman–Crippen LogP) is 3.39. The van der Waals surface area contributed by atoms with E-state index in [1.165, 1.54) is 19.4 Å². The Balaban J connectivity index is 1.59. The van der Waals surface area contributed by atoms with Crippen LogP contribution in [0.25, 0.3) is 11.3 Å². The minimum atomic E-state index is 0.275. The lowest BCUT2D eigenvalue weighted by atomic mass is 9.92. The van der Waals surface area contributed by atoms with Crippen LogP contribution in [0.1, 0.15) is 30.9 Å². The lowest BCUT2D eigenvalue weighted by molar-refractivity contribution is 0.182. The molecule has 0 saturated carbocycles. The first kappa shape index (κ1) is 17.3. The Hall–Kier alpha value is -2.14. The molecule has 0 spiro atoms. The number of likely N-dealkylation sites (tertiary alicyclic amines) is 1. The molecule has 0 amide bonds. The van der Waals surface area contributed by atoms with E-state index in [2.05, 4.69) is 39.1 Å². The molecule has 2 fully saturated rings. The van der Waals surface area contributed by atoms with Gasteiger partial charge in [0.25, 0.3) is 0 Å². The molecule has 0 radical (unpaired) electrons. The fourth-order valence-electron chi connectivity index (χ4n) is 4.67. The Morgan fingerprint density at radius 2 is 1.92 bits per heavy atom. The molecular weight excluding hydrogens is 324 g/mol. The second-order valence-corrected chi connectivity index (χ2v) is 7.74. The lowest BCUT2D eigenvalue weighted by Crippen LogP contribution is -2.48. The molecule has 3 heterocycles. The molecule has 1 N–H and O–H groups in total. The van der Waals surface area contributed by atoms with Crippen LogP contribution in [0.4, 0.5) is 5.82 Å². The number of rotatable bonds is 3. The smallest absolute Gasteiger partial charge is 0.151 e. The number of aryl methyl sites for hydroxylation is 2. The van der Waals surface area contributed by atoms with Gasteiger partial charge in [0.1, 0.15) is 5.75 Å². The summed E-state index contributed by atoms with van der Waals surface area (Å²) < 4.78 is 0. The van der Waals surface area contributed by atoms with Crippen molar-refractivity contribution in [3.05, 3.63) is 35.4 Å². The molecule has 1 aromatic heterocycles. The summed E-state index contributed by atoms with van der Waals surface area (Å²) in [4.78, 5) is 4.97. The average molecular weight is 352 g/mol. The molecule has 26 heavy (non-hydrogen) atoms. The number of nitrogens with zero attached hydrogens (tertiary/aromatic N) is 4. The summed E-state index contributed by atoms with van der Waals surface area (Å²) in [5, 5.41) is 19.3. The fraction of sp³-hybridized carbons (Fsp3) is 0.524. The van der Waals surface area contributed by atoms with E-state index < -0.39 is 0 Å². The van der Waals surface area contributed by atoms with E-state index in [1.54, 1.807) is 6.07 Å². The fourth-order valence-corrected chi connectivity index (χ4v) is 4.67. The number of aromatic nitrogens is 2. The zero-order valence-electron chi connectivity index (χ0n) is 15.9. The summed E-state index contributed by atoms with van der Waals surface area (Å²) in [5.74, 6) is 2.02. The first-order valence-electron chi connectivity index (χ1n) is 9.70. The highest BCUT2D eigenvalue weighted by molar-refractivity contribution is 5.71. The van der Waals surface area contributed by atoms with Gasteiger partial charge in [0.15, 0.2) is 5.82 Å². The Bertz CT molecular complexity index is 766. The number of phenols is 1. The molecule has 5 nitrogen and oxygen atoms in total. The van der Waals surface area contributed by atoms with Crippen molar-refractivity contribution in [1.29, 1.82) is 0 Å². The first-order chi connectivity index (χ1) is 12.6. The van der Waals surface area contributed by atoms with E-state index in [1.807, 2.05) is 19.9 Å². The highest BCUT2D eigenvalue weighted by Gasteiger charge is 2.38. The average Bonchev–Trinajstić information content (AvgIpc) is 3.04. The Morgan fingerprint density at radius 1 is 1.12 bits per heavy atom. The molecule has 2 saturated heterocycles. The van der Waals surface area contributed by atoms with E-state index >= 15 is 0 Å². The van der Waals surface area contributed by atoms with Crippen molar-refractivity contribution >= 4 is 5.82 Å². The Labute approximate surface area is 155 Å². The van der Waals surface area contributed by atoms with E-state index in [9.17, 15) is 5.11 Å². The van der Waals surface area contributed by atoms with Crippen molar-refractivity contribution in [2.75, 3.05) is 31.1 Å². The summed E-state index contributed by atoms with van der Waals surface area (Å²) >= 11 is 0. The van der Waals surface area contributed by atoms with Crippen molar-refractivity contribution in [2.24, 2.45) is 5.92 Å². The van der Waals surface area contributed by atoms with Gasteiger partial charge >= 0.3 is 0 Å². The maximum atomic E-state index is 10.3. The van der Waals surface area contributed by atoms with Crippen molar-refractivity contribution in [2.45, 2.75) is 39.7 Å². The number of hydrogen-bond acceptors (Lipinski definition) is 5. The molecule has 2 aliphatic rings. The monoisotopic (exact) mass is 352 g/mol. The minimum Gasteiger partial charge on any atom is -0.507 e. The Kier molecular flexibility index (Phi) is 4.57. The van der Waals surface area contributed by atoms with Crippen LogP contribution < -0.4 is 4.90 Å². The molecule has 1 aromatic carbocycles. The SMILES string of the molecule is CCN1CC[C@@H]2CCN(c3ccc(-c4c(C)cc(C)cc4O)nn3)[C@@H]2C1. The second-order valence-electron chi connectivity index (χ2n) is 7.74. The summed E-state index contributed by atoms with van der Waals surface area (Å²) in [6.07, 6.45) is 2.54. The molecule has 2 aliphatic heterocycles. The van der Waals surface area contributed by atoms with Crippen LogP contribution in [0.3, 0.4) is 0 Å². The van der Waals surface area contributed by atoms with Gasteiger partial charge in [0.05, 0.1) is 5.69 Å². The van der Waals surface area contributed by atoms with Crippen LogP contribution in [0, 0.1) is 19.8 Å². The third-order valence-corrected chi connectivity index (χ3v) is 6.05. The van der Waals surface area contributed by atoms with Gasteiger partial charge in [-0.05, 0) is 75.0 Å².